The number of pyridine rings is 1. The molecule has 0 spiro atoms. The highest BCUT2D eigenvalue weighted by atomic mass is 15.2. The number of anilines is 1. The van der Waals surface area contributed by atoms with Gasteiger partial charge in [-0.2, -0.15) is 0 Å². The lowest BCUT2D eigenvalue weighted by molar-refractivity contribution is 0.324. The zero-order valence-electron chi connectivity index (χ0n) is 17.7. The molecule has 1 aromatic carbocycles. The summed E-state index contributed by atoms with van der Waals surface area (Å²) >= 11 is 0. The molecule has 0 bridgehead atoms. The van der Waals surface area contributed by atoms with E-state index in [1.54, 1.807) is 0 Å². The summed E-state index contributed by atoms with van der Waals surface area (Å²) < 4.78 is 0. The lowest BCUT2D eigenvalue weighted by Crippen LogP contribution is -2.33. The summed E-state index contributed by atoms with van der Waals surface area (Å²) in [5, 5.41) is 0. The minimum atomic E-state index is 0.641. The summed E-state index contributed by atoms with van der Waals surface area (Å²) in [7, 11) is 2.02. The number of hydrogen-bond acceptors (Lipinski definition) is 5. The van der Waals surface area contributed by atoms with Gasteiger partial charge in [-0.25, -0.2) is 0 Å². The van der Waals surface area contributed by atoms with E-state index < -0.39 is 0 Å². The van der Waals surface area contributed by atoms with Crippen LogP contribution in [0, 0.1) is 0 Å². The SMILES string of the molecule is C=CCc1ccc(N(C)/C=C(\N)CN(CC2=NCCC=C2)Cc2ccccn2)cc1. The molecule has 1 aliphatic rings. The van der Waals surface area contributed by atoms with Gasteiger partial charge in [0, 0.05) is 62.7 Å². The highest BCUT2D eigenvalue weighted by Crippen LogP contribution is 2.15. The molecule has 1 aliphatic heterocycles. The van der Waals surface area contributed by atoms with Crippen molar-refractivity contribution < 1.29 is 0 Å². The van der Waals surface area contributed by atoms with Crippen molar-refractivity contribution in [1.29, 1.82) is 0 Å². The molecule has 5 heteroatoms. The summed E-state index contributed by atoms with van der Waals surface area (Å²) in [5.41, 5.74) is 11.7. The predicted octanol–water partition coefficient (Wildman–Crippen LogP) is 3.95. The Bertz CT molecular complexity index is 897. The fourth-order valence-corrected chi connectivity index (χ4v) is 3.43. The smallest absolute Gasteiger partial charge is 0.0544 e. The van der Waals surface area contributed by atoms with Gasteiger partial charge >= 0.3 is 0 Å². The maximum absolute atomic E-state index is 6.44. The van der Waals surface area contributed by atoms with Crippen LogP contribution < -0.4 is 10.6 Å². The van der Waals surface area contributed by atoms with Crippen molar-refractivity contribution in [3.05, 3.63) is 96.6 Å². The molecule has 0 saturated heterocycles. The van der Waals surface area contributed by atoms with Gasteiger partial charge in [0.05, 0.1) is 5.69 Å². The lowest BCUT2D eigenvalue weighted by Gasteiger charge is -2.24. The fraction of sp³-hybridized carbons (Fsp3) is 0.280. The Morgan fingerprint density at radius 1 is 1.17 bits per heavy atom. The van der Waals surface area contributed by atoms with E-state index in [0.29, 0.717) is 6.54 Å². The molecule has 0 fully saturated rings. The third-order valence-corrected chi connectivity index (χ3v) is 4.91. The van der Waals surface area contributed by atoms with E-state index in [0.717, 1.165) is 55.3 Å². The van der Waals surface area contributed by atoms with E-state index in [1.807, 2.05) is 43.7 Å². The summed E-state index contributed by atoms with van der Waals surface area (Å²) in [5.74, 6) is 0. The standard InChI is InChI=1S/C25H31N5/c1-3-8-21-11-13-25(14-12-21)29(2)17-22(26)18-30(19-23-9-4-6-15-27-23)20-24-10-5-7-16-28-24/h3-6,9-15,17H,1,7-8,16,18-20,26H2,2H3/b22-17-. The Labute approximate surface area is 179 Å². The van der Waals surface area contributed by atoms with Gasteiger partial charge in [-0.1, -0.05) is 30.4 Å². The molecule has 156 valence electrons. The third-order valence-electron chi connectivity index (χ3n) is 4.91. The number of nitrogens with zero attached hydrogens (tertiary/aromatic N) is 4. The second kappa shape index (κ2) is 11.1. The molecule has 0 aliphatic carbocycles. The monoisotopic (exact) mass is 401 g/mol. The fourth-order valence-electron chi connectivity index (χ4n) is 3.43. The van der Waals surface area contributed by atoms with Crippen LogP contribution in [0.2, 0.25) is 0 Å². The topological polar surface area (TPSA) is 57.8 Å². The van der Waals surface area contributed by atoms with Crippen LogP contribution in [0.25, 0.3) is 0 Å². The van der Waals surface area contributed by atoms with Crippen LogP contribution in [-0.4, -0.2) is 42.3 Å². The van der Waals surface area contributed by atoms with Crippen molar-refractivity contribution in [2.24, 2.45) is 10.7 Å². The first-order chi connectivity index (χ1) is 14.6. The summed E-state index contributed by atoms with van der Waals surface area (Å²) in [6.45, 7) is 6.77. The van der Waals surface area contributed by atoms with Crippen molar-refractivity contribution in [2.75, 3.05) is 31.6 Å². The molecule has 0 amide bonds. The van der Waals surface area contributed by atoms with Crippen molar-refractivity contribution in [3.8, 4) is 0 Å². The van der Waals surface area contributed by atoms with Crippen molar-refractivity contribution in [3.63, 3.8) is 0 Å². The molecule has 5 nitrogen and oxygen atoms in total. The van der Waals surface area contributed by atoms with Gasteiger partial charge < -0.3 is 10.6 Å². The highest BCUT2D eigenvalue weighted by molar-refractivity contribution is 5.97. The summed E-state index contributed by atoms with van der Waals surface area (Å²) in [4.78, 5) is 13.5. The zero-order valence-corrected chi connectivity index (χ0v) is 17.7. The second-order valence-electron chi connectivity index (χ2n) is 7.50. The minimum Gasteiger partial charge on any atom is -0.400 e. The normalized spacial score (nSPS) is 13.9. The molecule has 3 rings (SSSR count). The van der Waals surface area contributed by atoms with Crippen LogP contribution in [-0.2, 0) is 13.0 Å². The summed E-state index contributed by atoms with van der Waals surface area (Å²) in [6.07, 6.45) is 11.9. The first-order valence-corrected chi connectivity index (χ1v) is 10.3. The Balaban J connectivity index is 1.68. The molecule has 1 aromatic heterocycles. The maximum atomic E-state index is 6.44. The molecule has 0 atom stereocenters. The molecule has 2 N–H and O–H groups in total. The quantitative estimate of drug-likeness (QED) is 0.613. The number of nitrogens with two attached hydrogens (primary N) is 1. The van der Waals surface area contributed by atoms with E-state index in [-0.39, 0.29) is 0 Å². The number of rotatable bonds is 10. The van der Waals surface area contributed by atoms with Crippen LogP contribution in [0.15, 0.2) is 90.4 Å². The van der Waals surface area contributed by atoms with Gasteiger partial charge in [0.15, 0.2) is 0 Å². The van der Waals surface area contributed by atoms with E-state index in [2.05, 4.69) is 62.8 Å². The van der Waals surface area contributed by atoms with Crippen molar-refractivity contribution in [2.45, 2.75) is 19.4 Å². The first-order valence-electron chi connectivity index (χ1n) is 10.3. The van der Waals surface area contributed by atoms with Crippen LogP contribution in [0.4, 0.5) is 5.69 Å². The average Bonchev–Trinajstić information content (AvgIpc) is 2.76. The molecule has 2 aromatic rings. The Morgan fingerprint density at radius 3 is 2.67 bits per heavy atom. The van der Waals surface area contributed by atoms with Crippen LogP contribution in [0.1, 0.15) is 17.7 Å². The molecule has 30 heavy (non-hydrogen) atoms. The van der Waals surface area contributed by atoms with Crippen LogP contribution >= 0.6 is 0 Å². The minimum absolute atomic E-state index is 0.641. The van der Waals surface area contributed by atoms with E-state index in [4.69, 9.17) is 5.73 Å². The summed E-state index contributed by atoms with van der Waals surface area (Å²) in [6, 6.07) is 14.5. The zero-order chi connectivity index (χ0) is 21.2. The number of aromatic nitrogens is 1. The van der Waals surface area contributed by atoms with Crippen molar-refractivity contribution in [1.82, 2.24) is 9.88 Å². The van der Waals surface area contributed by atoms with E-state index in [9.17, 15) is 0 Å². The molecular formula is C25H31N5. The largest absolute Gasteiger partial charge is 0.400 e. The van der Waals surface area contributed by atoms with Gasteiger partial charge in [0.25, 0.3) is 0 Å². The predicted molar refractivity (Wildman–Crippen MR) is 127 cm³/mol. The molecule has 0 saturated carbocycles. The van der Waals surface area contributed by atoms with Crippen LogP contribution in [0.5, 0.6) is 0 Å². The maximum Gasteiger partial charge on any atom is 0.0544 e. The average molecular weight is 402 g/mol. The Morgan fingerprint density at radius 2 is 2.00 bits per heavy atom. The number of aliphatic imine (C=N–C) groups is 1. The number of allylic oxidation sites excluding steroid dienone is 1. The highest BCUT2D eigenvalue weighted by Gasteiger charge is 2.12. The number of hydrogen-bond donors (Lipinski definition) is 1. The third kappa shape index (κ3) is 6.71. The first kappa shape index (κ1) is 21.5. The second-order valence-corrected chi connectivity index (χ2v) is 7.50. The van der Waals surface area contributed by atoms with Gasteiger partial charge in [0.2, 0.25) is 0 Å². The van der Waals surface area contributed by atoms with Gasteiger partial charge in [-0.3, -0.25) is 14.9 Å². The van der Waals surface area contributed by atoms with Crippen molar-refractivity contribution >= 4 is 11.4 Å². The Hall–Kier alpha value is -3.18. The molecular weight excluding hydrogens is 370 g/mol. The van der Waals surface area contributed by atoms with E-state index in [1.165, 1.54) is 5.56 Å². The van der Waals surface area contributed by atoms with Gasteiger partial charge in [0.1, 0.15) is 0 Å². The molecule has 2 heterocycles. The van der Waals surface area contributed by atoms with Crippen LogP contribution in [0.3, 0.4) is 0 Å². The lowest BCUT2D eigenvalue weighted by atomic mass is 10.1. The molecule has 0 unspecified atom stereocenters. The Kier molecular flexibility index (Phi) is 7.98. The molecule has 0 radical (unpaired) electrons. The van der Waals surface area contributed by atoms with Gasteiger partial charge in [-0.15, -0.1) is 6.58 Å². The van der Waals surface area contributed by atoms with E-state index >= 15 is 0 Å². The number of dihydropyridines is 1. The van der Waals surface area contributed by atoms with Gasteiger partial charge in [-0.05, 0) is 48.7 Å². The number of benzene rings is 1.